The highest BCUT2D eigenvalue weighted by molar-refractivity contribution is 6.24. The van der Waals surface area contributed by atoms with Gasteiger partial charge in [-0.2, -0.15) is 0 Å². The monoisotopic (exact) mass is 700 g/mol. The quantitative estimate of drug-likeness (QED) is 0.182. The van der Waals surface area contributed by atoms with Gasteiger partial charge in [-0.3, -0.25) is 0 Å². The molecule has 11 aromatic rings. The van der Waals surface area contributed by atoms with Crippen LogP contribution in [0, 0.1) is 0 Å². The van der Waals surface area contributed by atoms with E-state index in [0.717, 1.165) is 50.2 Å². The molecule has 1 aliphatic rings. The molecule has 55 heavy (non-hydrogen) atoms. The minimum Gasteiger partial charge on any atom is -0.456 e. The van der Waals surface area contributed by atoms with Crippen molar-refractivity contribution in [1.29, 1.82) is 0 Å². The first kappa shape index (κ1) is 30.1. The van der Waals surface area contributed by atoms with E-state index in [9.17, 15) is 0 Å². The molecule has 0 saturated heterocycles. The maximum absolute atomic E-state index is 6.42. The van der Waals surface area contributed by atoms with Gasteiger partial charge in [-0.1, -0.05) is 121 Å². The number of furan rings is 1. The van der Waals surface area contributed by atoms with Crippen LogP contribution < -0.4 is 4.90 Å². The summed E-state index contributed by atoms with van der Waals surface area (Å²) in [5.74, 6) is 0. The first-order valence-electron chi connectivity index (χ1n) is 18.9. The fraction of sp³-hybridized carbons (Fsp3) is 0. The smallest absolute Gasteiger partial charge is 0.137 e. The molecule has 9 aromatic carbocycles. The number of nitrogens with zero attached hydrogens (tertiary/aromatic N) is 2. The Balaban J connectivity index is 1.19. The van der Waals surface area contributed by atoms with E-state index in [1.165, 1.54) is 60.4 Å². The normalized spacial score (nSPS) is 12.0. The second-order valence-electron chi connectivity index (χ2n) is 14.5. The Hall–Kier alpha value is -7.36. The van der Waals surface area contributed by atoms with Crippen molar-refractivity contribution in [3.63, 3.8) is 0 Å². The Morgan fingerprint density at radius 2 is 1.00 bits per heavy atom. The maximum Gasteiger partial charge on any atom is 0.137 e. The van der Waals surface area contributed by atoms with Crippen molar-refractivity contribution >= 4 is 71.6 Å². The lowest BCUT2D eigenvalue weighted by Crippen LogP contribution is -2.09. The number of benzene rings is 9. The molecule has 0 amide bonds. The van der Waals surface area contributed by atoms with Crippen LogP contribution in [-0.4, -0.2) is 4.57 Å². The third-order valence-corrected chi connectivity index (χ3v) is 11.5. The summed E-state index contributed by atoms with van der Waals surface area (Å²) in [5.41, 5.74) is 16.0. The van der Waals surface area contributed by atoms with E-state index in [4.69, 9.17) is 4.42 Å². The minimum atomic E-state index is 0.872. The van der Waals surface area contributed by atoms with Crippen LogP contribution in [0.3, 0.4) is 0 Å². The molecule has 12 rings (SSSR count). The van der Waals surface area contributed by atoms with Crippen LogP contribution in [0.1, 0.15) is 0 Å². The predicted molar refractivity (Wildman–Crippen MR) is 230 cm³/mol. The first-order chi connectivity index (χ1) is 27.3. The molecule has 0 aliphatic heterocycles. The van der Waals surface area contributed by atoms with Gasteiger partial charge in [-0.25, -0.2) is 0 Å². The largest absolute Gasteiger partial charge is 0.456 e. The zero-order valence-corrected chi connectivity index (χ0v) is 29.8. The third kappa shape index (κ3) is 4.38. The number of hydrogen-bond donors (Lipinski definition) is 0. The maximum atomic E-state index is 6.42. The summed E-state index contributed by atoms with van der Waals surface area (Å²) in [5, 5.41) is 7.25. The lowest BCUT2D eigenvalue weighted by molar-refractivity contribution is 0.669. The lowest BCUT2D eigenvalue weighted by atomic mass is 9.90. The van der Waals surface area contributed by atoms with E-state index in [-0.39, 0.29) is 0 Å². The van der Waals surface area contributed by atoms with Crippen molar-refractivity contribution in [1.82, 2.24) is 4.57 Å². The highest BCUT2D eigenvalue weighted by Gasteiger charge is 2.27. The van der Waals surface area contributed by atoms with Crippen LogP contribution in [0.15, 0.2) is 199 Å². The third-order valence-electron chi connectivity index (χ3n) is 11.5. The fourth-order valence-electron chi connectivity index (χ4n) is 9.20. The Morgan fingerprint density at radius 1 is 0.364 bits per heavy atom. The highest BCUT2D eigenvalue weighted by atomic mass is 16.3. The van der Waals surface area contributed by atoms with Gasteiger partial charge in [-0.15, -0.1) is 0 Å². The van der Waals surface area contributed by atoms with Crippen LogP contribution >= 0.6 is 0 Å². The van der Waals surface area contributed by atoms with Gasteiger partial charge in [0.15, 0.2) is 0 Å². The van der Waals surface area contributed by atoms with Crippen molar-refractivity contribution in [3.05, 3.63) is 194 Å². The molecular formula is C52H32N2O. The van der Waals surface area contributed by atoms with Gasteiger partial charge in [0.05, 0.1) is 11.0 Å². The van der Waals surface area contributed by atoms with Crippen molar-refractivity contribution in [2.45, 2.75) is 0 Å². The zero-order chi connectivity index (χ0) is 36.0. The van der Waals surface area contributed by atoms with Gasteiger partial charge >= 0.3 is 0 Å². The van der Waals surface area contributed by atoms with Crippen LogP contribution in [-0.2, 0) is 0 Å². The minimum absolute atomic E-state index is 0.872. The summed E-state index contributed by atoms with van der Waals surface area (Å²) in [6.45, 7) is 0. The summed E-state index contributed by atoms with van der Waals surface area (Å²) in [6, 6.07) is 70.4. The molecular weight excluding hydrogens is 669 g/mol. The summed E-state index contributed by atoms with van der Waals surface area (Å²) in [6.07, 6.45) is 0. The Morgan fingerprint density at radius 3 is 1.84 bits per heavy atom. The first-order valence-corrected chi connectivity index (χ1v) is 18.9. The Labute approximate surface area is 317 Å². The highest BCUT2D eigenvalue weighted by Crippen LogP contribution is 2.52. The number of rotatable bonds is 4. The molecule has 0 atom stereocenters. The van der Waals surface area contributed by atoms with E-state index in [0.29, 0.717) is 0 Å². The number of hydrogen-bond acceptors (Lipinski definition) is 2. The van der Waals surface area contributed by atoms with Crippen molar-refractivity contribution < 1.29 is 4.42 Å². The van der Waals surface area contributed by atoms with Crippen LogP contribution in [0.5, 0.6) is 0 Å². The number of para-hydroxylation sites is 3. The second kappa shape index (κ2) is 11.6. The molecule has 0 fully saturated rings. The standard InChI is InChI=1S/C52H32N2O/c1-3-15-34(16-4-1)53(37-25-27-40-39-20-9-10-24-48(39)55-49(40)32-37)36-26-29-46-45(31-36)52-47(54(46)35-17-5-2-6-18-35)30-28-44-43-23-12-14-33-13-11-22-41(50(33)43)38-19-7-8-21-42(38)51(44)52/h1-32H. The summed E-state index contributed by atoms with van der Waals surface area (Å²) in [4.78, 5) is 2.35. The average molecular weight is 701 g/mol. The molecule has 0 spiro atoms. The molecule has 2 aromatic heterocycles. The van der Waals surface area contributed by atoms with Gasteiger partial charge in [0.1, 0.15) is 11.2 Å². The van der Waals surface area contributed by atoms with E-state index < -0.39 is 0 Å². The summed E-state index contributed by atoms with van der Waals surface area (Å²) in [7, 11) is 0. The topological polar surface area (TPSA) is 21.3 Å². The molecule has 0 radical (unpaired) electrons. The molecule has 1 aliphatic carbocycles. The van der Waals surface area contributed by atoms with Crippen molar-refractivity contribution in [2.24, 2.45) is 0 Å². The van der Waals surface area contributed by atoms with Gasteiger partial charge in [0, 0.05) is 55.9 Å². The number of anilines is 3. The molecule has 256 valence electrons. The van der Waals surface area contributed by atoms with Crippen LogP contribution in [0.2, 0.25) is 0 Å². The van der Waals surface area contributed by atoms with Gasteiger partial charge < -0.3 is 13.9 Å². The van der Waals surface area contributed by atoms with Crippen LogP contribution in [0.25, 0.3) is 93.6 Å². The zero-order valence-electron chi connectivity index (χ0n) is 29.8. The molecule has 0 N–H and O–H groups in total. The van der Waals surface area contributed by atoms with E-state index in [1.54, 1.807) is 0 Å². The molecule has 0 bridgehead atoms. The Kier molecular flexibility index (Phi) is 6.34. The number of aromatic nitrogens is 1. The molecule has 2 heterocycles. The van der Waals surface area contributed by atoms with E-state index in [2.05, 4.69) is 191 Å². The second-order valence-corrected chi connectivity index (χ2v) is 14.5. The van der Waals surface area contributed by atoms with E-state index in [1.807, 2.05) is 12.1 Å². The molecule has 3 nitrogen and oxygen atoms in total. The average Bonchev–Trinajstić information content (AvgIpc) is 3.75. The summed E-state index contributed by atoms with van der Waals surface area (Å²) >= 11 is 0. The van der Waals surface area contributed by atoms with Gasteiger partial charge in [0.2, 0.25) is 0 Å². The van der Waals surface area contributed by atoms with Gasteiger partial charge in [0.25, 0.3) is 0 Å². The fourth-order valence-corrected chi connectivity index (χ4v) is 9.20. The van der Waals surface area contributed by atoms with Crippen molar-refractivity contribution in [2.75, 3.05) is 4.90 Å². The van der Waals surface area contributed by atoms with Gasteiger partial charge in [-0.05, 0) is 105 Å². The lowest BCUT2D eigenvalue weighted by Gasteiger charge is -2.25. The van der Waals surface area contributed by atoms with E-state index >= 15 is 0 Å². The number of fused-ring (bicyclic) bond motifs is 12. The molecule has 0 saturated carbocycles. The predicted octanol–water partition coefficient (Wildman–Crippen LogP) is 14.6. The SMILES string of the molecule is c1ccc(N(c2ccc3c(c2)oc2ccccc23)c2ccc3c(c2)c2c4c(ccc2n3-c2ccccc2)-c2cccc3cccc(c23)-c2ccccc2-4)cc1. The summed E-state index contributed by atoms with van der Waals surface area (Å²) < 4.78 is 8.86. The van der Waals surface area contributed by atoms with Crippen molar-refractivity contribution in [3.8, 4) is 39.1 Å². The molecule has 3 heteroatoms. The van der Waals surface area contributed by atoms with Crippen LogP contribution in [0.4, 0.5) is 17.1 Å². The Bertz CT molecular complexity index is 3310. The molecule has 0 unspecified atom stereocenters.